The molecule has 0 fully saturated rings. The first-order valence-electron chi connectivity index (χ1n) is 10.4. The third kappa shape index (κ3) is 4.28. The van der Waals surface area contributed by atoms with Gasteiger partial charge in [0, 0.05) is 32.4 Å². The van der Waals surface area contributed by atoms with E-state index < -0.39 is 17.4 Å². The normalized spacial score (nSPS) is 15.4. The SMILES string of the molecule is CN(CCO)C(=O)c1cc([S+]([O-])NC(=O)Nc2c3c(cc4c2CCC4)CCC3)nn1C. The summed E-state index contributed by atoms with van der Waals surface area (Å²) in [7, 11) is 3.13. The smallest absolute Gasteiger partial charge is 0.361 e. The summed E-state index contributed by atoms with van der Waals surface area (Å²) in [6.45, 7) is 0.0162. The Balaban J connectivity index is 1.47. The average molecular weight is 446 g/mol. The number of aliphatic hydroxyl groups excluding tert-OH is 1. The second kappa shape index (κ2) is 8.89. The van der Waals surface area contributed by atoms with Gasteiger partial charge in [0.05, 0.1) is 6.61 Å². The Hall–Kier alpha value is -2.56. The van der Waals surface area contributed by atoms with E-state index in [9.17, 15) is 14.1 Å². The van der Waals surface area contributed by atoms with Gasteiger partial charge in [-0.3, -0.25) is 9.48 Å². The molecular weight excluding hydrogens is 418 g/mol. The van der Waals surface area contributed by atoms with Crippen LogP contribution in [0, 0.1) is 0 Å². The van der Waals surface area contributed by atoms with E-state index in [1.165, 1.54) is 37.9 Å². The summed E-state index contributed by atoms with van der Waals surface area (Å²) < 4.78 is 16.5. The van der Waals surface area contributed by atoms with Gasteiger partial charge >= 0.3 is 6.03 Å². The molecule has 2 aromatic rings. The number of anilines is 1. The lowest BCUT2D eigenvalue weighted by Crippen LogP contribution is -2.35. The number of aryl methyl sites for hydroxylation is 3. The van der Waals surface area contributed by atoms with Gasteiger partial charge in [-0.1, -0.05) is 6.07 Å². The molecule has 2 aliphatic carbocycles. The molecule has 1 aromatic heterocycles. The van der Waals surface area contributed by atoms with Crippen molar-refractivity contribution in [3.63, 3.8) is 0 Å². The van der Waals surface area contributed by atoms with Gasteiger partial charge in [-0.15, -0.1) is 9.82 Å². The van der Waals surface area contributed by atoms with E-state index in [1.54, 1.807) is 14.1 Å². The van der Waals surface area contributed by atoms with Crippen LogP contribution in [0.25, 0.3) is 0 Å². The van der Waals surface area contributed by atoms with Crippen LogP contribution in [0.3, 0.4) is 0 Å². The van der Waals surface area contributed by atoms with Gasteiger partial charge < -0.3 is 19.9 Å². The van der Waals surface area contributed by atoms with E-state index in [1.807, 2.05) is 0 Å². The third-order valence-electron chi connectivity index (χ3n) is 5.95. The highest BCUT2D eigenvalue weighted by molar-refractivity contribution is 7.90. The lowest BCUT2D eigenvalue weighted by molar-refractivity contribution is 0.0756. The van der Waals surface area contributed by atoms with E-state index in [0.29, 0.717) is 0 Å². The molecule has 3 amide bonds. The molecule has 3 N–H and O–H groups in total. The Kier molecular flexibility index (Phi) is 6.22. The van der Waals surface area contributed by atoms with Gasteiger partial charge in [0.2, 0.25) is 0 Å². The monoisotopic (exact) mass is 445 g/mol. The number of aromatic nitrogens is 2. The fraction of sp³-hybridized carbons (Fsp3) is 0.476. The minimum atomic E-state index is -1.92. The highest BCUT2D eigenvalue weighted by atomic mass is 32.2. The lowest BCUT2D eigenvalue weighted by Gasteiger charge is -2.16. The number of benzene rings is 1. The maximum atomic E-state index is 12.7. The van der Waals surface area contributed by atoms with Crippen LogP contribution in [0.15, 0.2) is 17.2 Å². The Morgan fingerprint density at radius 2 is 1.84 bits per heavy atom. The summed E-state index contributed by atoms with van der Waals surface area (Å²) in [5, 5.41) is 16.2. The van der Waals surface area contributed by atoms with Crippen LogP contribution in [-0.4, -0.2) is 56.5 Å². The van der Waals surface area contributed by atoms with E-state index in [0.717, 1.165) is 44.2 Å². The van der Waals surface area contributed by atoms with E-state index >= 15 is 0 Å². The minimum Gasteiger partial charge on any atom is -0.586 e. The number of hydrogen-bond acceptors (Lipinski definition) is 5. The number of hydrogen-bond donors (Lipinski definition) is 3. The molecule has 1 aromatic carbocycles. The van der Waals surface area contributed by atoms with Crippen molar-refractivity contribution >= 4 is 29.0 Å². The molecule has 0 bridgehead atoms. The topological polar surface area (TPSA) is 123 Å². The number of nitrogens with zero attached hydrogens (tertiary/aromatic N) is 3. The van der Waals surface area contributed by atoms with Crippen molar-refractivity contribution in [3.05, 3.63) is 40.1 Å². The maximum Gasteiger partial charge on any atom is 0.361 e. The van der Waals surface area contributed by atoms with E-state index in [4.69, 9.17) is 5.11 Å². The number of carbonyl (C=O) groups excluding carboxylic acids is 2. The van der Waals surface area contributed by atoms with Crippen molar-refractivity contribution in [3.8, 4) is 0 Å². The standard InChI is InChI=1S/C21H27N5O4S/c1-25(9-10-27)20(28)17-12-18(23-26(17)2)31(30)24-21(29)22-19-15-7-3-5-13(15)11-14-6-4-8-16(14)19/h11-12,27H,3-10H2,1-2H3,(H2,22,24,29). The number of fused-ring (bicyclic) bond motifs is 2. The molecule has 1 atom stereocenters. The van der Waals surface area contributed by atoms with Crippen LogP contribution in [0.1, 0.15) is 45.6 Å². The van der Waals surface area contributed by atoms with Crippen LogP contribution in [-0.2, 0) is 44.1 Å². The van der Waals surface area contributed by atoms with Gasteiger partial charge in [0.25, 0.3) is 10.9 Å². The average Bonchev–Trinajstić information content (AvgIpc) is 3.46. The maximum absolute atomic E-state index is 12.7. The Labute approximate surface area is 184 Å². The van der Waals surface area contributed by atoms with Crippen molar-refractivity contribution in [2.24, 2.45) is 7.05 Å². The first kappa shape index (κ1) is 21.7. The summed E-state index contributed by atoms with van der Waals surface area (Å²) in [5.41, 5.74) is 6.09. The van der Waals surface area contributed by atoms with Crippen molar-refractivity contribution in [2.45, 2.75) is 43.6 Å². The molecule has 31 heavy (non-hydrogen) atoms. The molecule has 9 nitrogen and oxygen atoms in total. The van der Waals surface area contributed by atoms with Gasteiger partial charge in [-0.05, 0) is 60.8 Å². The number of carbonyl (C=O) groups is 2. The first-order valence-corrected chi connectivity index (χ1v) is 11.6. The van der Waals surface area contributed by atoms with E-state index in [2.05, 4.69) is 21.2 Å². The Bertz CT molecular complexity index is 989. The van der Waals surface area contributed by atoms with E-state index in [-0.39, 0.29) is 29.8 Å². The predicted molar refractivity (Wildman–Crippen MR) is 116 cm³/mol. The van der Waals surface area contributed by atoms with Crippen LogP contribution < -0.4 is 10.0 Å². The zero-order valence-corrected chi connectivity index (χ0v) is 18.5. The largest absolute Gasteiger partial charge is 0.586 e. The van der Waals surface area contributed by atoms with Crippen molar-refractivity contribution < 1.29 is 19.2 Å². The molecule has 166 valence electrons. The molecule has 0 saturated carbocycles. The summed E-state index contributed by atoms with van der Waals surface area (Å²) in [6.07, 6.45) is 6.09. The number of urea groups is 1. The summed E-state index contributed by atoms with van der Waals surface area (Å²) >= 11 is -1.92. The molecule has 2 aliphatic rings. The summed E-state index contributed by atoms with van der Waals surface area (Å²) in [5.74, 6) is -0.354. The quantitative estimate of drug-likeness (QED) is 0.579. The van der Waals surface area contributed by atoms with Gasteiger partial charge in [-0.25, -0.2) is 4.79 Å². The fourth-order valence-corrected chi connectivity index (χ4v) is 5.16. The number of amides is 3. The molecule has 1 heterocycles. The molecule has 0 spiro atoms. The molecule has 1 unspecified atom stereocenters. The molecular formula is C21H27N5O4S. The summed E-state index contributed by atoms with van der Waals surface area (Å²) in [6, 6.07) is 3.13. The van der Waals surface area contributed by atoms with Crippen LogP contribution in [0.4, 0.5) is 10.5 Å². The number of nitrogens with one attached hydrogen (secondary N) is 2. The third-order valence-corrected chi connectivity index (χ3v) is 6.90. The Morgan fingerprint density at radius 1 is 1.19 bits per heavy atom. The zero-order valence-electron chi connectivity index (χ0n) is 17.7. The molecule has 0 radical (unpaired) electrons. The zero-order chi connectivity index (χ0) is 22.1. The Morgan fingerprint density at radius 3 is 2.45 bits per heavy atom. The molecule has 4 rings (SSSR count). The minimum absolute atomic E-state index is 0.0851. The molecule has 0 saturated heterocycles. The first-order chi connectivity index (χ1) is 14.9. The van der Waals surface area contributed by atoms with Crippen molar-refractivity contribution in [2.75, 3.05) is 25.5 Å². The number of aliphatic hydroxyl groups is 1. The lowest BCUT2D eigenvalue weighted by atomic mass is 9.99. The second-order valence-electron chi connectivity index (χ2n) is 8.00. The fourth-order valence-electron chi connectivity index (χ4n) is 4.42. The van der Waals surface area contributed by atoms with Crippen LogP contribution in [0.5, 0.6) is 0 Å². The van der Waals surface area contributed by atoms with Crippen LogP contribution in [0.2, 0.25) is 0 Å². The summed E-state index contributed by atoms with van der Waals surface area (Å²) in [4.78, 5) is 26.4. The van der Waals surface area contributed by atoms with Crippen LogP contribution >= 0.6 is 0 Å². The molecule has 0 aliphatic heterocycles. The van der Waals surface area contributed by atoms with Gasteiger partial charge in [-0.2, -0.15) is 0 Å². The molecule has 10 heteroatoms. The van der Waals surface area contributed by atoms with Gasteiger partial charge in [0.1, 0.15) is 17.1 Å². The van der Waals surface area contributed by atoms with Crippen molar-refractivity contribution in [1.82, 2.24) is 19.4 Å². The second-order valence-corrected chi connectivity index (χ2v) is 9.16. The van der Waals surface area contributed by atoms with Gasteiger partial charge in [0.15, 0.2) is 0 Å². The van der Waals surface area contributed by atoms with Crippen molar-refractivity contribution in [1.29, 1.82) is 0 Å². The predicted octanol–water partition coefficient (Wildman–Crippen LogP) is 1.31. The highest BCUT2D eigenvalue weighted by Gasteiger charge is 2.28. The number of rotatable bonds is 6. The number of likely N-dealkylation sites (N-methyl/N-ethyl adjacent to an activating group) is 1. The highest BCUT2D eigenvalue weighted by Crippen LogP contribution is 2.38.